The fourth-order valence-electron chi connectivity index (χ4n) is 5.26. The van der Waals surface area contributed by atoms with Gasteiger partial charge in [-0.1, -0.05) is 30.0 Å². The van der Waals surface area contributed by atoms with Crippen LogP contribution in [0.1, 0.15) is 35.4 Å². The van der Waals surface area contributed by atoms with Gasteiger partial charge in [0.1, 0.15) is 5.82 Å². The molecule has 0 radical (unpaired) electrons. The van der Waals surface area contributed by atoms with Crippen molar-refractivity contribution in [3.63, 3.8) is 0 Å². The van der Waals surface area contributed by atoms with E-state index in [0.29, 0.717) is 18.8 Å². The molecule has 2 aliphatic heterocycles. The van der Waals surface area contributed by atoms with Gasteiger partial charge in [-0.15, -0.1) is 0 Å². The third-order valence-corrected chi connectivity index (χ3v) is 7.04. The number of benzene rings is 2. The summed E-state index contributed by atoms with van der Waals surface area (Å²) in [6.45, 7) is 2.16. The van der Waals surface area contributed by atoms with E-state index in [-0.39, 0.29) is 36.5 Å². The average Bonchev–Trinajstić information content (AvgIpc) is 2.88. The number of aliphatic hydroxyl groups excluding tert-OH is 1. The maximum absolute atomic E-state index is 13.6. The van der Waals surface area contributed by atoms with Crippen LogP contribution in [0.25, 0.3) is 0 Å². The standard InChI is InChI=1S/C29H29FN4O2/c30-24-6-3-7-25(17-24)32-29(36)33-15-1-2-16-34-26(19-33)28(27(34)20-35)23-12-10-21(11-13-23)8-9-22-5-4-14-31-18-22/h3-7,10-14,17-18,26-28,35H,1-2,15-16,19-20H2,(H,32,36)/t26-,27+,28-/m1/s1. The number of fused-ring (bicyclic) bond motifs is 1. The van der Waals surface area contributed by atoms with Crippen LogP contribution in [0.3, 0.4) is 0 Å². The molecule has 184 valence electrons. The Morgan fingerprint density at radius 1 is 1.06 bits per heavy atom. The lowest BCUT2D eigenvalue weighted by Gasteiger charge is -2.57. The van der Waals surface area contributed by atoms with Crippen LogP contribution >= 0.6 is 0 Å². The Balaban J connectivity index is 1.32. The van der Waals surface area contributed by atoms with Gasteiger partial charge in [0.15, 0.2) is 0 Å². The van der Waals surface area contributed by atoms with Crippen LogP contribution < -0.4 is 5.32 Å². The molecular formula is C29H29FN4O2. The Bertz CT molecular complexity index is 1260. The predicted molar refractivity (Wildman–Crippen MR) is 137 cm³/mol. The molecule has 0 saturated carbocycles. The molecule has 5 rings (SSSR count). The monoisotopic (exact) mass is 484 g/mol. The predicted octanol–water partition coefficient (Wildman–Crippen LogP) is 4.08. The number of hydrogen-bond acceptors (Lipinski definition) is 4. The molecule has 7 heteroatoms. The summed E-state index contributed by atoms with van der Waals surface area (Å²) in [6, 6.07) is 17.8. The normalized spacial score (nSPS) is 21.7. The molecule has 2 saturated heterocycles. The molecule has 36 heavy (non-hydrogen) atoms. The lowest BCUT2D eigenvalue weighted by Crippen LogP contribution is -2.68. The highest BCUT2D eigenvalue weighted by atomic mass is 19.1. The number of aromatic nitrogens is 1. The fourth-order valence-corrected chi connectivity index (χ4v) is 5.26. The number of halogens is 1. The first-order valence-corrected chi connectivity index (χ1v) is 12.3. The average molecular weight is 485 g/mol. The van der Waals surface area contributed by atoms with Crippen molar-refractivity contribution in [2.45, 2.75) is 30.8 Å². The van der Waals surface area contributed by atoms with Crippen molar-refractivity contribution in [2.75, 3.05) is 31.6 Å². The highest BCUT2D eigenvalue weighted by Gasteiger charge is 2.49. The van der Waals surface area contributed by atoms with Crippen molar-refractivity contribution in [1.29, 1.82) is 0 Å². The quantitative estimate of drug-likeness (QED) is 0.550. The van der Waals surface area contributed by atoms with Crippen molar-refractivity contribution in [3.05, 3.63) is 95.6 Å². The van der Waals surface area contributed by atoms with Crippen LogP contribution in [0.4, 0.5) is 14.9 Å². The van der Waals surface area contributed by atoms with E-state index >= 15 is 0 Å². The number of nitrogens with zero attached hydrogens (tertiary/aromatic N) is 3. The Morgan fingerprint density at radius 2 is 1.86 bits per heavy atom. The van der Waals surface area contributed by atoms with Crippen LogP contribution in [0.5, 0.6) is 0 Å². The van der Waals surface area contributed by atoms with E-state index in [1.54, 1.807) is 24.5 Å². The van der Waals surface area contributed by atoms with E-state index in [9.17, 15) is 14.3 Å². The molecule has 2 N–H and O–H groups in total. The van der Waals surface area contributed by atoms with Crippen LogP contribution in [0, 0.1) is 17.7 Å². The molecule has 3 aromatic rings. The molecule has 0 bridgehead atoms. The summed E-state index contributed by atoms with van der Waals surface area (Å²) in [4.78, 5) is 21.3. The minimum Gasteiger partial charge on any atom is -0.395 e. The third kappa shape index (κ3) is 5.25. The number of urea groups is 1. The van der Waals surface area contributed by atoms with Crippen LogP contribution in [-0.4, -0.2) is 64.2 Å². The van der Waals surface area contributed by atoms with Gasteiger partial charge in [-0.2, -0.15) is 0 Å². The summed E-state index contributed by atoms with van der Waals surface area (Å²) in [5, 5.41) is 13.0. The number of rotatable bonds is 3. The Hall–Kier alpha value is -3.73. The summed E-state index contributed by atoms with van der Waals surface area (Å²) in [5.41, 5.74) is 3.35. The van der Waals surface area contributed by atoms with E-state index in [1.165, 1.54) is 12.1 Å². The molecule has 2 fully saturated rings. The topological polar surface area (TPSA) is 68.7 Å². The number of carbonyl (C=O) groups excluding carboxylic acids is 1. The molecule has 2 aromatic carbocycles. The number of nitrogens with one attached hydrogen (secondary N) is 1. The Morgan fingerprint density at radius 3 is 2.61 bits per heavy atom. The number of carbonyl (C=O) groups is 1. The zero-order chi connectivity index (χ0) is 24.9. The van der Waals surface area contributed by atoms with Crippen LogP contribution in [-0.2, 0) is 0 Å². The number of pyridine rings is 1. The van der Waals surface area contributed by atoms with Crippen molar-refractivity contribution >= 4 is 11.7 Å². The van der Waals surface area contributed by atoms with Gasteiger partial charge in [-0.3, -0.25) is 9.88 Å². The zero-order valence-corrected chi connectivity index (χ0v) is 20.0. The van der Waals surface area contributed by atoms with Gasteiger partial charge in [0.25, 0.3) is 0 Å². The molecule has 1 aromatic heterocycles. The van der Waals surface area contributed by atoms with Gasteiger partial charge in [-0.05, 0) is 67.4 Å². The second-order valence-electron chi connectivity index (χ2n) is 9.29. The molecule has 3 heterocycles. The lowest BCUT2D eigenvalue weighted by atomic mass is 9.74. The summed E-state index contributed by atoms with van der Waals surface area (Å²) in [5.74, 6) is 6.02. The van der Waals surface area contributed by atoms with E-state index in [4.69, 9.17) is 0 Å². The molecule has 6 nitrogen and oxygen atoms in total. The first-order chi connectivity index (χ1) is 17.6. The van der Waals surface area contributed by atoms with Crippen LogP contribution in [0.15, 0.2) is 73.1 Å². The van der Waals surface area contributed by atoms with Gasteiger partial charge in [0.2, 0.25) is 0 Å². The smallest absolute Gasteiger partial charge is 0.321 e. The highest BCUT2D eigenvalue weighted by molar-refractivity contribution is 5.89. The van der Waals surface area contributed by atoms with Gasteiger partial charge in [0.05, 0.1) is 6.61 Å². The second kappa shape index (κ2) is 10.9. The molecule has 0 aliphatic carbocycles. The molecule has 2 amide bonds. The minimum absolute atomic E-state index is 0.0218. The maximum Gasteiger partial charge on any atom is 0.321 e. The highest BCUT2D eigenvalue weighted by Crippen LogP contribution is 2.42. The largest absolute Gasteiger partial charge is 0.395 e. The SMILES string of the molecule is O=C(Nc1cccc(F)c1)N1CCCCN2[C@H](C1)[C@@H](c1ccc(C#Cc3cccnc3)cc1)[C@@H]2CO. The van der Waals surface area contributed by atoms with E-state index in [1.807, 2.05) is 29.2 Å². The molecule has 2 aliphatic rings. The summed E-state index contributed by atoms with van der Waals surface area (Å²) >= 11 is 0. The van der Waals surface area contributed by atoms with E-state index in [0.717, 1.165) is 36.1 Å². The summed E-state index contributed by atoms with van der Waals surface area (Å²) < 4.78 is 13.6. The maximum atomic E-state index is 13.6. The molecule has 3 atom stereocenters. The van der Waals surface area contributed by atoms with Crippen LogP contribution in [0.2, 0.25) is 0 Å². The number of hydrogen-bond donors (Lipinski definition) is 2. The number of anilines is 1. The minimum atomic E-state index is -0.384. The number of amides is 2. The fraction of sp³-hybridized carbons (Fsp3) is 0.310. The molecular weight excluding hydrogens is 455 g/mol. The Kier molecular flexibility index (Phi) is 7.26. The lowest BCUT2D eigenvalue weighted by molar-refractivity contribution is -0.0585. The van der Waals surface area contributed by atoms with Crippen molar-refractivity contribution in [2.24, 2.45) is 0 Å². The Labute approximate surface area is 210 Å². The number of aliphatic hydroxyl groups is 1. The van der Waals surface area contributed by atoms with Gasteiger partial charge in [0, 0.05) is 60.3 Å². The van der Waals surface area contributed by atoms with Gasteiger partial charge >= 0.3 is 6.03 Å². The van der Waals surface area contributed by atoms with E-state index < -0.39 is 0 Å². The van der Waals surface area contributed by atoms with E-state index in [2.05, 4.69) is 39.2 Å². The summed E-state index contributed by atoms with van der Waals surface area (Å²) in [6.07, 6.45) is 5.29. The zero-order valence-electron chi connectivity index (χ0n) is 20.0. The second-order valence-corrected chi connectivity index (χ2v) is 9.29. The third-order valence-electron chi connectivity index (χ3n) is 7.04. The van der Waals surface area contributed by atoms with Crippen molar-refractivity contribution in [3.8, 4) is 11.8 Å². The van der Waals surface area contributed by atoms with Crippen molar-refractivity contribution < 1.29 is 14.3 Å². The molecule has 0 spiro atoms. The first kappa shape index (κ1) is 24.0. The van der Waals surface area contributed by atoms with Gasteiger partial charge in [-0.25, -0.2) is 9.18 Å². The first-order valence-electron chi connectivity index (χ1n) is 12.3. The van der Waals surface area contributed by atoms with Gasteiger partial charge < -0.3 is 15.3 Å². The van der Waals surface area contributed by atoms with Crippen molar-refractivity contribution in [1.82, 2.24) is 14.8 Å². The summed E-state index contributed by atoms with van der Waals surface area (Å²) in [7, 11) is 0. The molecule has 0 unspecified atom stereocenters.